The molecule has 0 amide bonds. The lowest BCUT2D eigenvalue weighted by Gasteiger charge is -2.35. The van der Waals surface area contributed by atoms with Crippen LogP contribution in [-0.2, 0) is 4.74 Å². The monoisotopic (exact) mass is 231 g/mol. The van der Waals surface area contributed by atoms with Crippen LogP contribution in [0.5, 0.6) is 0 Å². The highest BCUT2D eigenvalue weighted by molar-refractivity contribution is 5.53. The van der Waals surface area contributed by atoms with Gasteiger partial charge in [-0.05, 0) is 38.8 Å². The van der Waals surface area contributed by atoms with Gasteiger partial charge < -0.3 is 10.1 Å². The van der Waals surface area contributed by atoms with Crippen LogP contribution >= 0.6 is 0 Å². The smallest absolute Gasteiger partial charge is 0.144 e. The lowest BCUT2D eigenvalue weighted by atomic mass is 9.89. The second-order valence-corrected chi connectivity index (χ2v) is 4.35. The Labute approximate surface area is 102 Å². The fraction of sp³-hybridized carbons (Fsp3) is 0.538. The van der Waals surface area contributed by atoms with Gasteiger partial charge in [-0.25, -0.2) is 4.98 Å². The second kappa shape index (κ2) is 5.15. The van der Waals surface area contributed by atoms with Gasteiger partial charge in [0.25, 0.3) is 0 Å². The molecule has 17 heavy (non-hydrogen) atoms. The van der Waals surface area contributed by atoms with E-state index < -0.39 is 0 Å². The molecule has 0 atom stereocenters. The first-order valence-electron chi connectivity index (χ1n) is 5.98. The zero-order valence-corrected chi connectivity index (χ0v) is 10.2. The summed E-state index contributed by atoms with van der Waals surface area (Å²) >= 11 is 0. The number of nitriles is 1. The minimum absolute atomic E-state index is 0.368. The van der Waals surface area contributed by atoms with E-state index in [0.29, 0.717) is 23.5 Å². The molecule has 1 aliphatic carbocycles. The number of ether oxygens (including phenoxy) is 1. The summed E-state index contributed by atoms with van der Waals surface area (Å²) in [4.78, 5) is 4.36. The summed E-state index contributed by atoms with van der Waals surface area (Å²) in [7, 11) is 0. The van der Waals surface area contributed by atoms with Crippen LogP contribution in [0.3, 0.4) is 0 Å². The molecule has 0 unspecified atom stereocenters. The highest BCUT2D eigenvalue weighted by atomic mass is 16.5. The van der Waals surface area contributed by atoms with Gasteiger partial charge in [0, 0.05) is 18.3 Å². The first-order chi connectivity index (χ1) is 8.22. The van der Waals surface area contributed by atoms with E-state index in [-0.39, 0.29) is 0 Å². The van der Waals surface area contributed by atoms with Crippen molar-refractivity contribution in [2.75, 3.05) is 11.9 Å². The molecule has 1 aromatic heterocycles. The molecular weight excluding hydrogens is 214 g/mol. The number of nitrogens with zero attached hydrogens (tertiary/aromatic N) is 2. The van der Waals surface area contributed by atoms with Crippen molar-refractivity contribution in [3.8, 4) is 6.07 Å². The first kappa shape index (κ1) is 11.9. The molecule has 4 nitrogen and oxygen atoms in total. The zero-order valence-electron chi connectivity index (χ0n) is 10.2. The molecule has 0 spiro atoms. The van der Waals surface area contributed by atoms with E-state index >= 15 is 0 Å². The maximum atomic E-state index is 8.99. The molecule has 90 valence electrons. The molecule has 4 heteroatoms. The van der Waals surface area contributed by atoms with Gasteiger partial charge in [-0.1, -0.05) is 0 Å². The summed E-state index contributed by atoms with van der Waals surface area (Å²) in [5, 5.41) is 12.3. The number of pyridine rings is 1. The van der Waals surface area contributed by atoms with Gasteiger partial charge in [0.15, 0.2) is 0 Å². The van der Waals surface area contributed by atoms with Crippen molar-refractivity contribution in [1.29, 1.82) is 5.26 Å². The Morgan fingerprint density at radius 1 is 1.53 bits per heavy atom. The first-order valence-corrected chi connectivity index (χ1v) is 5.98. The van der Waals surface area contributed by atoms with Crippen LogP contribution < -0.4 is 5.32 Å². The van der Waals surface area contributed by atoms with Gasteiger partial charge >= 0.3 is 0 Å². The number of hydrogen-bond acceptors (Lipinski definition) is 4. The van der Waals surface area contributed by atoms with Gasteiger partial charge in [0.05, 0.1) is 11.7 Å². The van der Waals surface area contributed by atoms with E-state index in [1.165, 1.54) is 0 Å². The standard InChI is InChI=1S/C13H17N3O/c1-3-17-12-6-11(7-12)16-13-10(8-14)5-4-9(2)15-13/h4-5,11-12H,3,6-7H2,1-2H3,(H,15,16). The summed E-state index contributed by atoms with van der Waals surface area (Å²) in [5.41, 5.74) is 1.53. The Balaban J connectivity index is 1.96. The van der Waals surface area contributed by atoms with Crippen LogP contribution in [-0.4, -0.2) is 23.7 Å². The molecule has 0 radical (unpaired) electrons. The molecular formula is C13H17N3O. The lowest BCUT2D eigenvalue weighted by molar-refractivity contribution is 0.00292. The second-order valence-electron chi connectivity index (χ2n) is 4.35. The van der Waals surface area contributed by atoms with E-state index in [1.807, 2.05) is 26.0 Å². The highest BCUT2D eigenvalue weighted by Gasteiger charge is 2.30. The number of rotatable bonds is 4. The fourth-order valence-electron chi connectivity index (χ4n) is 2.01. The van der Waals surface area contributed by atoms with E-state index in [1.54, 1.807) is 0 Å². The Morgan fingerprint density at radius 3 is 2.94 bits per heavy atom. The molecule has 0 aromatic carbocycles. The predicted molar refractivity (Wildman–Crippen MR) is 65.7 cm³/mol. The molecule has 1 N–H and O–H groups in total. The average Bonchev–Trinajstić information content (AvgIpc) is 2.26. The molecule has 1 aliphatic rings. The van der Waals surface area contributed by atoms with E-state index in [4.69, 9.17) is 10.00 Å². The van der Waals surface area contributed by atoms with Gasteiger partial charge in [0.2, 0.25) is 0 Å². The number of aryl methyl sites for hydroxylation is 1. The van der Waals surface area contributed by atoms with Crippen LogP contribution in [0, 0.1) is 18.3 Å². The predicted octanol–water partition coefficient (Wildman–Crippen LogP) is 2.24. The third-order valence-corrected chi connectivity index (χ3v) is 2.99. The van der Waals surface area contributed by atoms with E-state index in [9.17, 15) is 0 Å². The Bertz CT molecular complexity index is 433. The normalized spacial score (nSPS) is 22.6. The molecule has 0 saturated heterocycles. The molecule has 1 heterocycles. The van der Waals surface area contributed by atoms with Crippen molar-refractivity contribution < 1.29 is 4.74 Å². The van der Waals surface area contributed by atoms with Crippen LogP contribution in [0.4, 0.5) is 5.82 Å². The van der Waals surface area contributed by atoms with Gasteiger partial charge in [0.1, 0.15) is 11.9 Å². The molecule has 0 aliphatic heterocycles. The molecule has 2 rings (SSSR count). The highest BCUT2D eigenvalue weighted by Crippen LogP contribution is 2.27. The number of hydrogen-bond donors (Lipinski definition) is 1. The third-order valence-electron chi connectivity index (χ3n) is 2.99. The summed E-state index contributed by atoms with van der Waals surface area (Å²) in [5.74, 6) is 0.701. The van der Waals surface area contributed by atoms with Crippen molar-refractivity contribution in [2.24, 2.45) is 0 Å². The Kier molecular flexibility index (Phi) is 3.60. The summed E-state index contributed by atoms with van der Waals surface area (Å²) in [6.07, 6.45) is 2.36. The van der Waals surface area contributed by atoms with E-state index in [2.05, 4.69) is 16.4 Å². The minimum atomic E-state index is 0.368. The lowest BCUT2D eigenvalue weighted by Crippen LogP contribution is -2.41. The van der Waals surface area contributed by atoms with E-state index in [0.717, 1.165) is 25.1 Å². The largest absolute Gasteiger partial charge is 0.378 e. The van der Waals surface area contributed by atoms with Crippen LogP contribution in [0.2, 0.25) is 0 Å². The summed E-state index contributed by atoms with van der Waals surface area (Å²) in [6.45, 7) is 4.70. The molecule has 1 saturated carbocycles. The Morgan fingerprint density at radius 2 is 2.29 bits per heavy atom. The molecule has 1 aromatic rings. The van der Waals surface area contributed by atoms with Crippen molar-refractivity contribution in [3.63, 3.8) is 0 Å². The number of nitrogens with one attached hydrogen (secondary N) is 1. The molecule has 1 fully saturated rings. The quantitative estimate of drug-likeness (QED) is 0.863. The van der Waals surface area contributed by atoms with Crippen molar-refractivity contribution in [2.45, 2.75) is 38.8 Å². The topological polar surface area (TPSA) is 57.9 Å². The van der Waals surface area contributed by atoms with Crippen LogP contribution in [0.25, 0.3) is 0 Å². The minimum Gasteiger partial charge on any atom is -0.378 e. The van der Waals surface area contributed by atoms with Crippen LogP contribution in [0.15, 0.2) is 12.1 Å². The van der Waals surface area contributed by atoms with Crippen molar-refractivity contribution in [3.05, 3.63) is 23.4 Å². The maximum Gasteiger partial charge on any atom is 0.144 e. The van der Waals surface area contributed by atoms with Gasteiger partial charge in [-0.2, -0.15) is 5.26 Å². The summed E-state index contributed by atoms with van der Waals surface area (Å²) < 4.78 is 5.50. The van der Waals surface area contributed by atoms with Gasteiger partial charge in [-0.3, -0.25) is 0 Å². The average molecular weight is 231 g/mol. The number of aromatic nitrogens is 1. The SMILES string of the molecule is CCOC1CC(Nc2nc(C)ccc2C#N)C1. The zero-order chi connectivity index (χ0) is 12.3. The maximum absolute atomic E-state index is 8.99. The van der Waals surface area contributed by atoms with Gasteiger partial charge in [-0.15, -0.1) is 0 Å². The van der Waals surface area contributed by atoms with Crippen molar-refractivity contribution in [1.82, 2.24) is 4.98 Å². The Hall–Kier alpha value is -1.60. The third kappa shape index (κ3) is 2.75. The fourth-order valence-corrected chi connectivity index (χ4v) is 2.01. The van der Waals surface area contributed by atoms with Crippen LogP contribution in [0.1, 0.15) is 31.0 Å². The van der Waals surface area contributed by atoms with Crippen molar-refractivity contribution >= 4 is 5.82 Å². The molecule has 0 bridgehead atoms. The summed E-state index contributed by atoms with van der Waals surface area (Å²) in [6, 6.07) is 6.20. The number of anilines is 1.